The molecule has 1 aromatic heterocycles. The third kappa shape index (κ3) is 0.824. The number of nitrogens with two attached hydrogens (primary N) is 1. The van der Waals surface area contributed by atoms with Crippen molar-refractivity contribution in [2.75, 3.05) is 0 Å². The molecule has 0 amide bonds. The number of nitrogens with zero attached hydrogens (tertiary/aromatic N) is 2. The second kappa shape index (κ2) is 2.08. The van der Waals surface area contributed by atoms with E-state index in [-0.39, 0.29) is 11.8 Å². The van der Waals surface area contributed by atoms with Crippen LogP contribution in [-0.2, 0) is 6.54 Å². The van der Waals surface area contributed by atoms with E-state index in [1.807, 2.05) is 10.8 Å². The maximum absolute atomic E-state index is 7.29. The quantitative estimate of drug-likeness (QED) is 0.446. The third-order valence-corrected chi connectivity index (χ3v) is 2.09. The minimum Gasteiger partial charge on any atom is -0.387 e. The van der Waals surface area contributed by atoms with E-state index >= 15 is 0 Å². The molecule has 3 N–H and O–H groups in total. The van der Waals surface area contributed by atoms with Crippen molar-refractivity contribution >= 4 is 5.84 Å². The van der Waals surface area contributed by atoms with Crippen molar-refractivity contribution in [3.05, 3.63) is 18.2 Å². The highest BCUT2D eigenvalue weighted by molar-refractivity contribution is 5.84. The molecule has 4 heteroatoms. The van der Waals surface area contributed by atoms with Crippen LogP contribution in [0.3, 0.4) is 0 Å². The first-order valence-electron chi connectivity index (χ1n) is 3.64. The fourth-order valence-electron chi connectivity index (χ4n) is 1.51. The summed E-state index contributed by atoms with van der Waals surface area (Å²) in [4.78, 5) is 4.14. The summed E-state index contributed by atoms with van der Waals surface area (Å²) in [5.41, 5.74) is 5.40. The smallest absolute Gasteiger partial charge is 0.119 e. The highest BCUT2D eigenvalue weighted by Crippen LogP contribution is 2.25. The second-order valence-electron chi connectivity index (χ2n) is 2.78. The van der Waals surface area contributed by atoms with Gasteiger partial charge in [0.2, 0.25) is 0 Å². The van der Waals surface area contributed by atoms with Gasteiger partial charge < -0.3 is 10.3 Å². The van der Waals surface area contributed by atoms with E-state index < -0.39 is 0 Å². The Hall–Kier alpha value is -1.32. The average Bonchev–Trinajstić information content (AvgIpc) is 2.41. The molecule has 4 nitrogen and oxygen atoms in total. The molecule has 0 aromatic carbocycles. The Balaban J connectivity index is 2.38. The minimum absolute atomic E-state index is 0.0602. The molecule has 0 radical (unpaired) electrons. The number of hydrogen-bond acceptors (Lipinski definition) is 2. The van der Waals surface area contributed by atoms with E-state index in [1.165, 1.54) is 0 Å². The summed E-state index contributed by atoms with van der Waals surface area (Å²) in [5.74, 6) is 1.23. The molecule has 11 heavy (non-hydrogen) atoms. The molecule has 2 heterocycles. The van der Waals surface area contributed by atoms with Gasteiger partial charge in [-0.1, -0.05) is 0 Å². The predicted molar refractivity (Wildman–Crippen MR) is 41.5 cm³/mol. The lowest BCUT2D eigenvalue weighted by atomic mass is 10.1. The lowest BCUT2D eigenvalue weighted by Crippen LogP contribution is -2.18. The summed E-state index contributed by atoms with van der Waals surface area (Å²) in [6.07, 6.45) is 4.61. The zero-order valence-electron chi connectivity index (χ0n) is 6.12. The SMILES string of the molecule is N=C(N)C1CCn2ccnc21. The molecule has 0 aliphatic carbocycles. The summed E-state index contributed by atoms with van der Waals surface area (Å²) in [5, 5.41) is 7.29. The highest BCUT2D eigenvalue weighted by atomic mass is 15.1. The van der Waals surface area contributed by atoms with Gasteiger partial charge in [0.25, 0.3) is 0 Å². The first-order valence-corrected chi connectivity index (χ1v) is 3.64. The molecule has 2 rings (SSSR count). The van der Waals surface area contributed by atoms with E-state index in [1.54, 1.807) is 6.20 Å². The largest absolute Gasteiger partial charge is 0.387 e. The molecular formula is C7H10N4. The number of rotatable bonds is 1. The van der Waals surface area contributed by atoms with Crippen molar-refractivity contribution in [2.45, 2.75) is 18.9 Å². The van der Waals surface area contributed by atoms with Crippen molar-refractivity contribution in [1.82, 2.24) is 9.55 Å². The van der Waals surface area contributed by atoms with Gasteiger partial charge in [-0.15, -0.1) is 0 Å². The number of aromatic nitrogens is 2. The molecule has 0 saturated heterocycles. The Labute approximate surface area is 64.5 Å². The van der Waals surface area contributed by atoms with E-state index in [2.05, 4.69) is 4.98 Å². The van der Waals surface area contributed by atoms with Gasteiger partial charge in [-0.25, -0.2) is 4.98 Å². The fraction of sp³-hybridized carbons (Fsp3) is 0.429. The first-order chi connectivity index (χ1) is 5.29. The average molecular weight is 150 g/mol. The van der Waals surface area contributed by atoms with Gasteiger partial charge in [0.05, 0.1) is 5.92 Å². The van der Waals surface area contributed by atoms with Crippen molar-refractivity contribution < 1.29 is 0 Å². The normalized spacial score (nSPS) is 21.6. The minimum atomic E-state index is 0.0602. The van der Waals surface area contributed by atoms with Crippen LogP contribution in [0.15, 0.2) is 12.4 Å². The van der Waals surface area contributed by atoms with Gasteiger partial charge in [0.15, 0.2) is 0 Å². The van der Waals surface area contributed by atoms with Crippen LogP contribution in [-0.4, -0.2) is 15.4 Å². The van der Waals surface area contributed by atoms with Gasteiger partial charge in [-0.2, -0.15) is 0 Å². The molecule has 0 spiro atoms. The number of fused-ring (bicyclic) bond motifs is 1. The Morgan fingerprint density at radius 2 is 2.64 bits per heavy atom. The maximum atomic E-state index is 7.29. The summed E-state index contributed by atoms with van der Waals surface area (Å²) < 4.78 is 2.05. The van der Waals surface area contributed by atoms with Crippen LogP contribution in [0, 0.1) is 5.41 Å². The standard InChI is InChI=1S/C7H10N4/c8-6(9)5-1-3-11-4-2-10-7(5)11/h2,4-5H,1,3H2,(H3,8,9). The summed E-state index contributed by atoms with van der Waals surface area (Å²) >= 11 is 0. The fourth-order valence-corrected chi connectivity index (χ4v) is 1.51. The van der Waals surface area contributed by atoms with E-state index in [9.17, 15) is 0 Å². The predicted octanol–water partition coefficient (Wildman–Crippen LogP) is 0.306. The second-order valence-corrected chi connectivity index (χ2v) is 2.78. The van der Waals surface area contributed by atoms with Crippen LogP contribution in [0.1, 0.15) is 18.2 Å². The van der Waals surface area contributed by atoms with Crippen molar-refractivity contribution in [1.29, 1.82) is 5.41 Å². The summed E-state index contributed by atoms with van der Waals surface area (Å²) in [6, 6.07) is 0. The highest BCUT2D eigenvalue weighted by Gasteiger charge is 2.25. The van der Waals surface area contributed by atoms with Gasteiger partial charge in [0, 0.05) is 18.9 Å². The van der Waals surface area contributed by atoms with Crippen molar-refractivity contribution in [3.8, 4) is 0 Å². The lowest BCUT2D eigenvalue weighted by molar-refractivity contribution is 0.736. The van der Waals surface area contributed by atoms with Crippen LogP contribution in [0.2, 0.25) is 0 Å². The lowest BCUT2D eigenvalue weighted by Gasteiger charge is -2.03. The van der Waals surface area contributed by atoms with E-state index in [0.717, 1.165) is 18.8 Å². The number of amidine groups is 1. The molecule has 1 atom stereocenters. The van der Waals surface area contributed by atoms with Crippen LogP contribution < -0.4 is 5.73 Å². The zero-order valence-corrected chi connectivity index (χ0v) is 6.12. The van der Waals surface area contributed by atoms with Crippen LogP contribution in [0.4, 0.5) is 0 Å². The molecule has 58 valence electrons. The third-order valence-electron chi connectivity index (χ3n) is 2.09. The Morgan fingerprint density at radius 1 is 1.82 bits per heavy atom. The molecule has 1 aliphatic rings. The van der Waals surface area contributed by atoms with Gasteiger partial charge in [0.1, 0.15) is 11.7 Å². The molecule has 1 unspecified atom stereocenters. The summed E-state index contributed by atoms with van der Waals surface area (Å²) in [6.45, 7) is 0.944. The number of hydrogen-bond donors (Lipinski definition) is 2. The maximum Gasteiger partial charge on any atom is 0.119 e. The zero-order chi connectivity index (χ0) is 7.84. The Morgan fingerprint density at radius 3 is 3.36 bits per heavy atom. The van der Waals surface area contributed by atoms with Gasteiger partial charge in [-0.05, 0) is 6.42 Å². The Kier molecular flexibility index (Phi) is 1.21. The van der Waals surface area contributed by atoms with Crippen LogP contribution in [0.5, 0.6) is 0 Å². The molecule has 0 saturated carbocycles. The number of nitrogens with one attached hydrogen (secondary N) is 1. The number of imidazole rings is 1. The van der Waals surface area contributed by atoms with Gasteiger partial charge >= 0.3 is 0 Å². The number of aryl methyl sites for hydroxylation is 1. The van der Waals surface area contributed by atoms with E-state index in [4.69, 9.17) is 11.1 Å². The molecule has 1 aromatic rings. The van der Waals surface area contributed by atoms with Crippen LogP contribution >= 0.6 is 0 Å². The van der Waals surface area contributed by atoms with Crippen LogP contribution in [0.25, 0.3) is 0 Å². The Bertz CT molecular complexity index is 288. The molecule has 1 aliphatic heterocycles. The molecular weight excluding hydrogens is 140 g/mol. The van der Waals surface area contributed by atoms with Crippen molar-refractivity contribution in [3.63, 3.8) is 0 Å². The van der Waals surface area contributed by atoms with Crippen molar-refractivity contribution in [2.24, 2.45) is 5.73 Å². The first kappa shape index (κ1) is 6.39. The van der Waals surface area contributed by atoms with E-state index in [0.29, 0.717) is 0 Å². The van der Waals surface area contributed by atoms with Gasteiger partial charge in [-0.3, -0.25) is 5.41 Å². The topological polar surface area (TPSA) is 67.7 Å². The summed E-state index contributed by atoms with van der Waals surface area (Å²) in [7, 11) is 0. The monoisotopic (exact) mass is 150 g/mol. The molecule has 0 bridgehead atoms. The molecule has 0 fully saturated rings.